The number of methoxy groups -OCH3 is 2. The average molecular weight is 180 g/mol. The topological polar surface area (TPSA) is 36.9 Å². The molecule has 0 rings (SSSR count). The van der Waals surface area contributed by atoms with E-state index in [4.69, 9.17) is 17.1 Å². The Morgan fingerprint density at radius 1 is 0.909 bits per heavy atom. The molecule has 0 atom stereocenters. The van der Waals surface area contributed by atoms with E-state index in [1.165, 1.54) is 0 Å². The molecule has 0 spiro atoms. The summed E-state index contributed by atoms with van der Waals surface area (Å²) in [7, 11) is 3.30. The Kier molecular flexibility index (Phi) is 10.7. The fraction of sp³-hybridized carbons (Fsp3) is 1.00. The van der Waals surface area contributed by atoms with Crippen molar-refractivity contribution in [2.24, 2.45) is 0 Å². The molecule has 66 valence electrons. The summed E-state index contributed by atoms with van der Waals surface area (Å²) in [5.41, 5.74) is 0. The second kappa shape index (κ2) is 10.4. The average Bonchev–Trinajstić information content (AvgIpc) is 2.03. The first-order chi connectivity index (χ1) is 5.41. The summed E-state index contributed by atoms with van der Waals surface area (Å²) in [6.07, 6.45) is 0. The monoisotopic (exact) mass is 180 g/mol. The van der Waals surface area contributed by atoms with Gasteiger partial charge in [-0.3, -0.25) is 0 Å². The Morgan fingerprint density at radius 3 is 1.73 bits per heavy atom. The van der Waals surface area contributed by atoms with Crippen LogP contribution in [0.15, 0.2) is 0 Å². The van der Waals surface area contributed by atoms with E-state index in [9.17, 15) is 0 Å². The van der Waals surface area contributed by atoms with Crippen LogP contribution >= 0.6 is 0 Å². The lowest BCUT2D eigenvalue weighted by atomic mass is 10.8. The molecule has 0 heterocycles. The van der Waals surface area contributed by atoms with Gasteiger partial charge in [0.2, 0.25) is 0 Å². The standard InChI is InChI=1S/2C3H7O2.Al.H/c2*1-5-3-2-4;;/h2*2-3H2,1H3;;/q2*-1;+2;/p+2. The van der Waals surface area contributed by atoms with Crippen molar-refractivity contribution < 1.29 is 19.9 Å². The number of hydrogen-bond donors (Lipinski definition) is 0. The predicted octanol–water partition coefficient (Wildman–Crippen LogP) is -0.196. The predicted molar refractivity (Wildman–Crippen MR) is 45.0 cm³/mol. The van der Waals surface area contributed by atoms with Crippen LogP contribution in [0, 0.1) is 0 Å². The fourth-order valence-electron chi connectivity index (χ4n) is 0.461. The Morgan fingerprint density at radius 2 is 1.36 bits per heavy atom. The molecule has 0 amide bonds. The SMILES string of the molecule is COCC[O][AlH][O]CCOC.[H+].[H+]. The minimum absolute atomic E-state index is 0. The van der Waals surface area contributed by atoms with Gasteiger partial charge in [0, 0.05) is 27.4 Å². The van der Waals surface area contributed by atoms with Crippen LogP contribution in [0.3, 0.4) is 0 Å². The van der Waals surface area contributed by atoms with Crippen LogP contribution < -0.4 is 0 Å². The number of hydrogen-bond acceptors (Lipinski definition) is 4. The van der Waals surface area contributed by atoms with Crippen molar-refractivity contribution in [2.45, 2.75) is 0 Å². The molecule has 0 saturated heterocycles. The van der Waals surface area contributed by atoms with E-state index >= 15 is 0 Å². The van der Waals surface area contributed by atoms with Crippen LogP contribution in [-0.4, -0.2) is 56.5 Å². The molecule has 0 N–H and O–H groups in total. The quantitative estimate of drug-likeness (QED) is 0.383. The Hall–Kier alpha value is 0.372. The summed E-state index contributed by atoms with van der Waals surface area (Å²) in [5.74, 6) is 0. The third-order valence-electron chi connectivity index (χ3n) is 1.03. The fourth-order valence-corrected chi connectivity index (χ4v) is 1.05. The third kappa shape index (κ3) is 10.4. The van der Waals surface area contributed by atoms with Gasteiger partial charge in [0.25, 0.3) is 0 Å². The van der Waals surface area contributed by atoms with Gasteiger partial charge in [-0.15, -0.1) is 0 Å². The highest BCUT2D eigenvalue weighted by Gasteiger charge is 1.95. The van der Waals surface area contributed by atoms with E-state index in [0.717, 1.165) is 0 Å². The molecule has 0 aliphatic heterocycles. The molecule has 11 heavy (non-hydrogen) atoms. The van der Waals surface area contributed by atoms with Gasteiger partial charge < -0.3 is 17.1 Å². The lowest BCUT2D eigenvalue weighted by Gasteiger charge is -2.02. The largest absolute Gasteiger partial charge is 1.00 e. The zero-order valence-corrected chi connectivity index (χ0v) is 8.58. The first kappa shape index (κ1) is 11.4. The van der Waals surface area contributed by atoms with Gasteiger partial charge >= 0.3 is 18.7 Å². The lowest BCUT2D eigenvalue weighted by molar-refractivity contribution is 0.110. The van der Waals surface area contributed by atoms with E-state index in [0.29, 0.717) is 26.4 Å². The smallest absolute Gasteiger partial charge is 0.479 e. The molecule has 0 bridgehead atoms. The van der Waals surface area contributed by atoms with E-state index in [-0.39, 0.29) is 2.85 Å². The maximum absolute atomic E-state index is 5.16. The number of ether oxygens (including phenoxy) is 2. The minimum Gasteiger partial charge on any atom is -0.479 e. The van der Waals surface area contributed by atoms with Crippen LogP contribution in [0.4, 0.5) is 0 Å². The van der Waals surface area contributed by atoms with Gasteiger partial charge in [0.1, 0.15) is 0 Å². The molecule has 0 fully saturated rings. The molecule has 0 aliphatic carbocycles. The van der Waals surface area contributed by atoms with E-state index in [2.05, 4.69) is 0 Å². The van der Waals surface area contributed by atoms with Gasteiger partial charge in [-0.1, -0.05) is 0 Å². The summed E-state index contributed by atoms with van der Waals surface area (Å²) in [6.45, 7) is 2.55. The van der Waals surface area contributed by atoms with Crippen LogP contribution in [0.5, 0.6) is 0 Å². The van der Waals surface area contributed by atoms with Gasteiger partial charge in [-0.05, 0) is 0 Å². The van der Waals surface area contributed by atoms with Crippen molar-refractivity contribution in [3.05, 3.63) is 0 Å². The Bertz CT molecular complexity index is 71.7. The molecule has 0 aromatic rings. The second-order valence-corrected chi connectivity index (χ2v) is 2.97. The highest BCUT2D eigenvalue weighted by atomic mass is 27.2. The van der Waals surface area contributed by atoms with Gasteiger partial charge in [0.05, 0.1) is 13.2 Å². The first-order valence-corrected chi connectivity index (χ1v) is 4.70. The molecule has 0 aromatic carbocycles. The normalized spacial score (nSPS) is 10.0. The zero-order valence-electron chi connectivity index (χ0n) is 9.17. The van der Waals surface area contributed by atoms with Crippen LogP contribution in [0.1, 0.15) is 2.85 Å². The van der Waals surface area contributed by atoms with Crippen molar-refractivity contribution in [3.8, 4) is 0 Å². The highest BCUT2D eigenvalue weighted by Crippen LogP contribution is 1.76. The molecular formula is C6H17AlO4+2. The van der Waals surface area contributed by atoms with Gasteiger partial charge in [-0.2, -0.15) is 0 Å². The van der Waals surface area contributed by atoms with Crippen molar-refractivity contribution in [3.63, 3.8) is 0 Å². The van der Waals surface area contributed by atoms with Crippen LogP contribution in [0.2, 0.25) is 0 Å². The highest BCUT2D eigenvalue weighted by molar-refractivity contribution is 6.17. The summed E-state index contributed by atoms with van der Waals surface area (Å²) in [4.78, 5) is 0. The van der Waals surface area contributed by atoms with Crippen LogP contribution in [0.25, 0.3) is 0 Å². The van der Waals surface area contributed by atoms with Crippen molar-refractivity contribution in [1.82, 2.24) is 0 Å². The summed E-state index contributed by atoms with van der Waals surface area (Å²) >= 11 is -0.789. The maximum atomic E-state index is 5.16. The second-order valence-electron chi connectivity index (χ2n) is 1.92. The number of rotatable bonds is 8. The van der Waals surface area contributed by atoms with E-state index in [1.807, 2.05) is 0 Å². The molecular weight excluding hydrogens is 163 g/mol. The van der Waals surface area contributed by atoms with E-state index in [1.54, 1.807) is 14.2 Å². The lowest BCUT2D eigenvalue weighted by Crippen LogP contribution is -2.12. The molecule has 0 unspecified atom stereocenters. The van der Waals surface area contributed by atoms with Crippen molar-refractivity contribution in [2.75, 3.05) is 40.6 Å². The van der Waals surface area contributed by atoms with Crippen LogP contribution in [-0.2, 0) is 17.1 Å². The first-order valence-electron chi connectivity index (χ1n) is 3.55. The van der Waals surface area contributed by atoms with Gasteiger partial charge in [0.15, 0.2) is 0 Å². The summed E-state index contributed by atoms with van der Waals surface area (Å²) < 4.78 is 19.9. The molecule has 5 heteroatoms. The molecule has 0 saturated carbocycles. The third-order valence-corrected chi connectivity index (χ3v) is 1.94. The van der Waals surface area contributed by atoms with Crippen molar-refractivity contribution in [1.29, 1.82) is 0 Å². The Balaban J connectivity index is -0.000000500. The molecule has 0 aliphatic rings. The molecule has 0 aromatic heterocycles. The zero-order chi connectivity index (χ0) is 8.36. The molecule has 4 nitrogen and oxygen atoms in total. The van der Waals surface area contributed by atoms with Crippen molar-refractivity contribution >= 4 is 15.9 Å². The van der Waals surface area contributed by atoms with Gasteiger partial charge in [-0.25, -0.2) is 0 Å². The maximum Gasteiger partial charge on any atom is 1.00 e. The molecule has 0 radical (unpaired) electrons. The Labute approximate surface area is 77.1 Å². The summed E-state index contributed by atoms with van der Waals surface area (Å²) in [6, 6.07) is 0. The van der Waals surface area contributed by atoms with E-state index < -0.39 is 15.9 Å². The summed E-state index contributed by atoms with van der Waals surface area (Å²) in [5, 5.41) is 0. The minimum atomic E-state index is -0.789.